The molecule has 2 aromatic heterocycles. The largest absolute Gasteiger partial charge is 0.364 e. The van der Waals surface area contributed by atoms with Crippen LogP contribution in [0, 0.1) is 0 Å². The summed E-state index contributed by atoms with van der Waals surface area (Å²) in [6, 6.07) is 20.3. The van der Waals surface area contributed by atoms with Crippen molar-refractivity contribution in [3.05, 3.63) is 78.1 Å². The van der Waals surface area contributed by atoms with E-state index in [0.29, 0.717) is 24.4 Å². The van der Waals surface area contributed by atoms with Gasteiger partial charge in [0.1, 0.15) is 6.33 Å². The third-order valence-corrected chi connectivity index (χ3v) is 3.78. The van der Waals surface area contributed by atoms with Gasteiger partial charge in [-0.3, -0.25) is 0 Å². The second kappa shape index (κ2) is 6.45. The first-order valence-corrected chi connectivity index (χ1v) is 7.76. The van der Waals surface area contributed by atoms with Crippen LogP contribution in [0.5, 0.6) is 0 Å². The van der Waals surface area contributed by atoms with Gasteiger partial charge in [0, 0.05) is 6.54 Å². The van der Waals surface area contributed by atoms with Crippen LogP contribution in [0.15, 0.2) is 67.0 Å². The van der Waals surface area contributed by atoms with Gasteiger partial charge >= 0.3 is 0 Å². The van der Waals surface area contributed by atoms with E-state index in [1.54, 1.807) is 11.0 Å². The van der Waals surface area contributed by atoms with E-state index in [4.69, 9.17) is 0 Å². The minimum Gasteiger partial charge on any atom is -0.364 e. The molecule has 0 aliphatic rings. The van der Waals surface area contributed by atoms with Crippen molar-refractivity contribution >= 4 is 17.0 Å². The van der Waals surface area contributed by atoms with E-state index >= 15 is 0 Å². The lowest BCUT2D eigenvalue weighted by Gasteiger charge is -2.06. The summed E-state index contributed by atoms with van der Waals surface area (Å²) in [5.74, 6) is 0.697. The number of nitrogens with one attached hydrogen (secondary N) is 1. The van der Waals surface area contributed by atoms with Crippen LogP contribution in [0.25, 0.3) is 11.2 Å². The highest BCUT2D eigenvalue weighted by Gasteiger charge is 2.11. The Labute approximate surface area is 139 Å². The number of anilines is 1. The van der Waals surface area contributed by atoms with Crippen LogP contribution >= 0.6 is 0 Å². The van der Waals surface area contributed by atoms with Gasteiger partial charge in [-0.15, -0.1) is 5.10 Å². The summed E-state index contributed by atoms with van der Waals surface area (Å²) >= 11 is 0. The van der Waals surface area contributed by atoms with Crippen molar-refractivity contribution in [2.24, 2.45) is 0 Å². The number of aromatic nitrogens is 5. The van der Waals surface area contributed by atoms with Gasteiger partial charge in [0.05, 0.1) is 6.54 Å². The summed E-state index contributed by atoms with van der Waals surface area (Å²) < 4.78 is 1.79. The maximum Gasteiger partial charge on any atom is 0.184 e. The van der Waals surface area contributed by atoms with Gasteiger partial charge in [-0.05, 0) is 11.1 Å². The Balaban J connectivity index is 1.59. The van der Waals surface area contributed by atoms with E-state index in [9.17, 15) is 0 Å². The minimum atomic E-state index is 0.631. The molecule has 0 saturated carbocycles. The van der Waals surface area contributed by atoms with E-state index in [0.717, 1.165) is 11.2 Å². The Kier molecular flexibility index (Phi) is 3.85. The second-order valence-corrected chi connectivity index (χ2v) is 5.47. The lowest BCUT2D eigenvalue weighted by molar-refractivity contribution is 0.664. The van der Waals surface area contributed by atoms with Crippen LogP contribution in [0.3, 0.4) is 0 Å². The zero-order valence-corrected chi connectivity index (χ0v) is 13.0. The van der Waals surface area contributed by atoms with Crippen LogP contribution in [0.2, 0.25) is 0 Å². The van der Waals surface area contributed by atoms with Crippen molar-refractivity contribution in [3.63, 3.8) is 0 Å². The van der Waals surface area contributed by atoms with Crippen LogP contribution in [0.1, 0.15) is 11.1 Å². The average molecular weight is 316 g/mol. The van der Waals surface area contributed by atoms with Crippen LogP contribution < -0.4 is 5.32 Å². The fraction of sp³-hybridized carbons (Fsp3) is 0.111. The molecule has 2 heterocycles. The molecule has 4 aromatic rings. The molecule has 0 spiro atoms. The van der Waals surface area contributed by atoms with Gasteiger partial charge in [-0.2, -0.15) is 0 Å². The topological polar surface area (TPSA) is 68.5 Å². The van der Waals surface area contributed by atoms with Gasteiger partial charge in [0.2, 0.25) is 0 Å². The molecule has 6 heteroatoms. The van der Waals surface area contributed by atoms with Crippen molar-refractivity contribution in [1.82, 2.24) is 25.0 Å². The lowest BCUT2D eigenvalue weighted by atomic mass is 10.2. The third kappa shape index (κ3) is 2.94. The maximum absolute atomic E-state index is 4.34. The Morgan fingerprint density at radius 2 is 1.54 bits per heavy atom. The fourth-order valence-corrected chi connectivity index (χ4v) is 2.57. The molecule has 0 radical (unpaired) electrons. The van der Waals surface area contributed by atoms with Gasteiger partial charge in [0.15, 0.2) is 17.0 Å². The molecule has 24 heavy (non-hydrogen) atoms. The first-order valence-electron chi connectivity index (χ1n) is 7.76. The van der Waals surface area contributed by atoms with E-state index in [1.807, 2.05) is 36.4 Å². The Morgan fingerprint density at radius 3 is 2.29 bits per heavy atom. The predicted octanol–water partition coefficient (Wildman–Crippen LogP) is 2.88. The molecule has 4 rings (SSSR count). The number of rotatable bonds is 5. The van der Waals surface area contributed by atoms with E-state index in [2.05, 4.69) is 49.9 Å². The van der Waals surface area contributed by atoms with Gasteiger partial charge in [-0.1, -0.05) is 65.9 Å². The molecule has 0 saturated heterocycles. The smallest absolute Gasteiger partial charge is 0.184 e. The van der Waals surface area contributed by atoms with Crippen LogP contribution in [-0.4, -0.2) is 25.0 Å². The molecular weight excluding hydrogens is 300 g/mol. The molecule has 1 N–H and O–H groups in total. The molecule has 118 valence electrons. The molecule has 0 aliphatic heterocycles. The first kappa shape index (κ1) is 14.3. The van der Waals surface area contributed by atoms with E-state index < -0.39 is 0 Å². The third-order valence-electron chi connectivity index (χ3n) is 3.78. The van der Waals surface area contributed by atoms with E-state index in [-0.39, 0.29) is 0 Å². The van der Waals surface area contributed by atoms with E-state index in [1.165, 1.54) is 5.56 Å². The Bertz CT molecular complexity index is 934. The molecule has 6 nitrogen and oxygen atoms in total. The second-order valence-electron chi connectivity index (χ2n) is 5.47. The Morgan fingerprint density at radius 1 is 0.833 bits per heavy atom. The summed E-state index contributed by atoms with van der Waals surface area (Å²) in [7, 11) is 0. The zero-order valence-electron chi connectivity index (χ0n) is 13.0. The monoisotopic (exact) mass is 316 g/mol. The number of hydrogen-bond acceptors (Lipinski definition) is 5. The highest BCUT2D eigenvalue weighted by Crippen LogP contribution is 2.17. The summed E-state index contributed by atoms with van der Waals surface area (Å²) in [4.78, 5) is 8.64. The quantitative estimate of drug-likeness (QED) is 0.613. The molecule has 0 aliphatic carbocycles. The SMILES string of the molecule is c1ccc(CNc2ncnc3c2nnn3Cc2ccccc2)cc1. The average Bonchev–Trinajstić information content (AvgIpc) is 3.05. The fourth-order valence-electron chi connectivity index (χ4n) is 2.57. The summed E-state index contributed by atoms with van der Waals surface area (Å²) in [5, 5.41) is 11.8. The summed E-state index contributed by atoms with van der Waals surface area (Å²) in [6.07, 6.45) is 1.54. The van der Waals surface area contributed by atoms with Crippen LogP contribution in [0.4, 0.5) is 5.82 Å². The summed E-state index contributed by atoms with van der Waals surface area (Å²) in [6.45, 7) is 1.31. The van der Waals surface area contributed by atoms with Crippen molar-refractivity contribution in [2.75, 3.05) is 5.32 Å². The first-order chi connectivity index (χ1) is 11.9. The van der Waals surface area contributed by atoms with Crippen molar-refractivity contribution < 1.29 is 0 Å². The Hall–Kier alpha value is -3.28. The minimum absolute atomic E-state index is 0.631. The normalized spacial score (nSPS) is 10.8. The van der Waals surface area contributed by atoms with Gasteiger partial charge in [0.25, 0.3) is 0 Å². The highest BCUT2D eigenvalue weighted by molar-refractivity contribution is 5.81. The highest BCUT2D eigenvalue weighted by atomic mass is 15.4. The van der Waals surface area contributed by atoms with Crippen molar-refractivity contribution in [1.29, 1.82) is 0 Å². The predicted molar refractivity (Wildman–Crippen MR) is 92.4 cm³/mol. The number of fused-ring (bicyclic) bond motifs is 1. The molecule has 0 fully saturated rings. The van der Waals surface area contributed by atoms with Crippen molar-refractivity contribution in [2.45, 2.75) is 13.1 Å². The van der Waals surface area contributed by atoms with Crippen molar-refractivity contribution in [3.8, 4) is 0 Å². The molecule has 0 atom stereocenters. The van der Waals surface area contributed by atoms with Crippen LogP contribution in [-0.2, 0) is 13.1 Å². The standard InChI is InChI=1S/C18H16N6/c1-3-7-14(8-4-1)11-19-17-16-18(21-13-20-17)24(23-22-16)12-15-9-5-2-6-10-15/h1-10,13H,11-12H2,(H,19,20,21). The number of hydrogen-bond donors (Lipinski definition) is 1. The molecule has 0 unspecified atom stereocenters. The number of nitrogens with zero attached hydrogens (tertiary/aromatic N) is 5. The number of benzene rings is 2. The lowest BCUT2D eigenvalue weighted by Crippen LogP contribution is -2.04. The molecule has 0 bridgehead atoms. The molecule has 0 amide bonds. The van der Waals surface area contributed by atoms with Gasteiger partial charge in [-0.25, -0.2) is 14.6 Å². The molecular formula is C18H16N6. The molecule has 2 aromatic carbocycles. The summed E-state index contributed by atoms with van der Waals surface area (Å²) in [5.41, 5.74) is 3.75. The maximum atomic E-state index is 4.34. The van der Waals surface area contributed by atoms with Gasteiger partial charge < -0.3 is 5.32 Å². The zero-order chi connectivity index (χ0) is 16.2.